The van der Waals surface area contributed by atoms with Crippen molar-refractivity contribution in [1.82, 2.24) is 14.9 Å². The third kappa shape index (κ3) is 4.44. The van der Waals surface area contributed by atoms with Crippen molar-refractivity contribution in [1.29, 1.82) is 0 Å². The Labute approximate surface area is 145 Å². The third-order valence-electron chi connectivity index (χ3n) is 3.76. The van der Waals surface area contributed by atoms with E-state index in [2.05, 4.69) is 10.3 Å². The summed E-state index contributed by atoms with van der Waals surface area (Å²) in [4.78, 5) is 16.0. The first-order valence-electron chi connectivity index (χ1n) is 7.88. The van der Waals surface area contributed by atoms with Crippen molar-refractivity contribution < 1.29 is 13.9 Å². The largest absolute Gasteiger partial charge is 0.484 e. The van der Waals surface area contributed by atoms with Crippen molar-refractivity contribution in [3.8, 4) is 11.4 Å². The minimum absolute atomic E-state index is 0.122. The van der Waals surface area contributed by atoms with Crippen LogP contribution in [0, 0.1) is 5.82 Å². The summed E-state index contributed by atoms with van der Waals surface area (Å²) in [5.74, 6) is -0.131. The van der Waals surface area contributed by atoms with E-state index in [9.17, 15) is 9.18 Å². The lowest BCUT2D eigenvalue weighted by atomic mass is 10.1. The normalized spacial score (nSPS) is 11.8. The predicted molar refractivity (Wildman–Crippen MR) is 92.0 cm³/mol. The Bertz CT molecular complexity index is 815. The first kappa shape index (κ1) is 16.7. The fourth-order valence-electron chi connectivity index (χ4n) is 2.39. The Morgan fingerprint density at radius 2 is 1.92 bits per heavy atom. The Morgan fingerprint density at radius 3 is 2.56 bits per heavy atom. The Kier molecular flexibility index (Phi) is 5.09. The molecule has 2 aromatic carbocycles. The van der Waals surface area contributed by atoms with E-state index < -0.39 is 0 Å². The van der Waals surface area contributed by atoms with Gasteiger partial charge in [0.05, 0.1) is 12.4 Å². The summed E-state index contributed by atoms with van der Waals surface area (Å²) in [6.45, 7) is 1.78. The Hall–Kier alpha value is -3.15. The molecule has 1 aromatic heterocycles. The molecule has 0 aliphatic carbocycles. The van der Waals surface area contributed by atoms with Crippen molar-refractivity contribution in [2.45, 2.75) is 13.0 Å². The number of carbonyl (C=O) groups excluding carboxylic acids is 1. The SMILES string of the molecule is C[C@H](NC(=O)COc1ccc(F)cc1)c1ccc(-n2ccnc2)cc1. The second kappa shape index (κ2) is 7.61. The van der Waals surface area contributed by atoms with E-state index in [0.29, 0.717) is 5.75 Å². The van der Waals surface area contributed by atoms with E-state index in [1.165, 1.54) is 24.3 Å². The molecule has 1 atom stereocenters. The molecule has 5 nitrogen and oxygen atoms in total. The second-order valence-electron chi connectivity index (χ2n) is 5.59. The van der Waals surface area contributed by atoms with E-state index in [4.69, 9.17) is 4.74 Å². The lowest BCUT2D eigenvalue weighted by Gasteiger charge is -2.15. The van der Waals surface area contributed by atoms with Gasteiger partial charge < -0.3 is 14.6 Å². The van der Waals surface area contributed by atoms with Crippen LogP contribution < -0.4 is 10.1 Å². The third-order valence-corrected chi connectivity index (χ3v) is 3.76. The highest BCUT2D eigenvalue weighted by Gasteiger charge is 2.10. The van der Waals surface area contributed by atoms with E-state index in [-0.39, 0.29) is 24.4 Å². The van der Waals surface area contributed by atoms with Crippen molar-refractivity contribution in [2.75, 3.05) is 6.61 Å². The monoisotopic (exact) mass is 339 g/mol. The molecule has 3 rings (SSSR count). The van der Waals surface area contributed by atoms with Crippen LogP contribution in [-0.2, 0) is 4.79 Å². The second-order valence-corrected chi connectivity index (χ2v) is 5.59. The molecule has 0 radical (unpaired) electrons. The minimum Gasteiger partial charge on any atom is -0.484 e. The zero-order valence-electron chi connectivity index (χ0n) is 13.7. The summed E-state index contributed by atoms with van der Waals surface area (Å²) < 4.78 is 20.1. The van der Waals surface area contributed by atoms with Crippen LogP contribution in [0.4, 0.5) is 4.39 Å². The van der Waals surface area contributed by atoms with Gasteiger partial charge in [-0.2, -0.15) is 0 Å². The number of hydrogen-bond donors (Lipinski definition) is 1. The summed E-state index contributed by atoms with van der Waals surface area (Å²) in [5.41, 5.74) is 1.98. The van der Waals surface area contributed by atoms with Crippen LogP contribution in [0.15, 0.2) is 67.3 Å². The fourth-order valence-corrected chi connectivity index (χ4v) is 2.39. The van der Waals surface area contributed by atoms with Gasteiger partial charge in [-0.05, 0) is 48.9 Å². The standard InChI is InChI=1S/C19H18FN3O2/c1-14(15-2-6-17(7-3-15)23-11-10-21-13-23)22-19(24)12-25-18-8-4-16(20)5-9-18/h2-11,13-14H,12H2,1H3,(H,22,24)/t14-/m0/s1. The molecule has 3 aromatic rings. The van der Waals surface area contributed by atoms with Crippen LogP contribution >= 0.6 is 0 Å². The molecule has 6 heteroatoms. The van der Waals surface area contributed by atoms with Gasteiger partial charge in [0.25, 0.3) is 5.91 Å². The van der Waals surface area contributed by atoms with Gasteiger partial charge in [0, 0.05) is 18.1 Å². The zero-order valence-corrected chi connectivity index (χ0v) is 13.7. The number of nitrogens with zero attached hydrogens (tertiary/aromatic N) is 2. The van der Waals surface area contributed by atoms with E-state index >= 15 is 0 Å². The van der Waals surface area contributed by atoms with Crippen LogP contribution in [-0.4, -0.2) is 22.1 Å². The van der Waals surface area contributed by atoms with Gasteiger partial charge in [-0.1, -0.05) is 12.1 Å². The number of imidazole rings is 1. The molecule has 0 spiro atoms. The van der Waals surface area contributed by atoms with Gasteiger partial charge >= 0.3 is 0 Å². The van der Waals surface area contributed by atoms with Gasteiger partial charge in [-0.15, -0.1) is 0 Å². The summed E-state index contributed by atoms with van der Waals surface area (Å²) in [6.07, 6.45) is 5.32. The molecular weight excluding hydrogens is 321 g/mol. The zero-order chi connectivity index (χ0) is 17.6. The van der Waals surface area contributed by atoms with Gasteiger partial charge in [0.2, 0.25) is 0 Å². The van der Waals surface area contributed by atoms with E-state index in [1.807, 2.05) is 42.0 Å². The smallest absolute Gasteiger partial charge is 0.258 e. The molecule has 128 valence electrons. The van der Waals surface area contributed by atoms with Crippen molar-refractivity contribution in [2.24, 2.45) is 0 Å². The number of aromatic nitrogens is 2. The number of carbonyl (C=O) groups is 1. The van der Waals surface area contributed by atoms with Gasteiger partial charge in [0.15, 0.2) is 6.61 Å². The van der Waals surface area contributed by atoms with Crippen LogP contribution in [0.1, 0.15) is 18.5 Å². The molecule has 1 amide bonds. The van der Waals surface area contributed by atoms with E-state index in [0.717, 1.165) is 11.3 Å². The first-order valence-corrected chi connectivity index (χ1v) is 7.88. The highest BCUT2D eigenvalue weighted by molar-refractivity contribution is 5.78. The van der Waals surface area contributed by atoms with Crippen molar-refractivity contribution >= 4 is 5.91 Å². The average molecular weight is 339 g/mol. The van der Waals surface area contributed by atoms with Crippen LogP contribution in [0.2, 0.25) is 0 Å². The molecule has 0 saturated carbocycles. The van der Waals surface area contributed by atoms with Crippen LogP contribution in [0.5, 0.6) is 5.75 Å². The number of rotatable bonds is 6. The number of ether oxygens (including phenoxy) is 1. The topological polar surface area (TPSA) is 56.1 Å². The number of hydrogen-bond acceptors (Lipinski definition) is 3. The highest BCUT2D eigenvalue weighted by Crippen LogP contribution is 2.16. The minimum atomic E-state index is -0.343. The van der Waals surface area contributed by atoms with Gasteiger partial charge in [0.1, 0.15) is 11.6 Å². The summed E-state index contributed by atoms with van der Waals surface area (Å²) >= 11 is 0. The number of halogens is 1. The number of benzene rings is 2. The molecule has 0 aliphatic rings. The molecule has 1 N–H and O–H groups in total. The number of amides is 1. The summed E-state index contributed by atoms with van der Waals surface area (Å²) in [7, 11) is 0. The quantitative estimate of drug-likeness (QED) is 0.750. The predicted octanol–water partition coefficient (Wildman–Crippen LogP) is 3.27. The fraction of sp³-hybridized carbons (Fsp3) is 0.158. The molecule has 25 heavy (non-hydrogen) atoms. The van der Waals surface area contributed by atoms with Crippen molar-refractivity contribution in [3.63, 3.8) is 0 Å². The molecule has 0 bridgehead atoms. The summed E-state index contributed by atoms with van der Waals surface area (Å²) in [6, 6.07) is 13.3. The maximum Gasteiger partial charge on any atom is 0.258 e. The van der Waals surface area contributed by atoms with Crippen LogP contribution in [0.25, 0.3) is 5.69 Å². The van der Waals surface area contributed by atoms with Gasteiger partial charge in [-0.25, -0.2) is 9.37 Å². The first-order chi connectivity index (χ1) is 12.1. The lowest BCUT2D eigenvalue weighted by molar-refractivity contribution is -0.123. The van der Waals surface area contributed by atoms with Crippen LogP contribution in [0.3, 0.4) is 0 Å². The Balaban J connectivity index is 1.53. The highest BCUT2D eigenvalue weighted by atomic mass is 19.1. The molecule has 0 saturated heterocycles. The summed E-state index contributed by atoms with van der Waals surface area (Å²) in [5, 5.41) is 2.87. The average Bonchev–Trinajstić information content (AvgIpc) is 3.16. The maximum atomic E-state index is 12.8. The Morgan fingerprint density at radius 1 is 1.20 bits per heavy atom. The molecule has 0 fully saturated rings. The molecule has 0 aliphatic heterocycles. The molecular formula is C19H18FN3O2. The molecule has 0 unspecified atom stereocenters. The van der Waals surface area contributed by atoms with E-state index in [1.54, 1.807) is 12.5 Å². The molecule has 1 heterocycles. The lowest BCUT2D eigenvalue weighted by Crippen LogP contribution is -2.31. The maximum absolute atomic E-state index is 12.8. The number of nitrogens with one attached hydrogen (secondary N) is 1. The van der Waals surface area contributed by atoms with Crippen molar-refractivity contribution in [3.05, 3.63) is 78.6 Å². The van der Waals surface area contributed by atoms with Gasteiger partial charge in [-0.3, -0.25) is 4.79 Å².